The molecule has 3 heterocycles. The molecule has 1 fully saturated rings. The van der Waals surface area contributed by atoms with Crippen molar-refractivity contribution in [3.05, 3.63) is 11.6 Å². The van der Waals surface area contributed by atoms with Crippen LogP contribution in [0.4, 0.5) is 0 Å². The number of piperidine rings is 1. The molecule has 5 nitrogen and oxygen atoms in total. The van der Waals surface area contributed by atoms with E-state index in [4.69, 9.17) is 0 Å². The van der Waals surface area contributed by atoms with E-state index in [2.05, 4.69) is 28.8 Å². The topological polar surface area (TPSA) is 54.2 Å². The zero-order valence-corrected chi connectivity index (χ0v) is 11.9. The van der Waals surface area contributed by atoms with E-state index >= 15 is 0 Å². The minimum atomic E-state index is -0.458. The SMILES string of the molecule is CC(C)N1CCC(c2nc3n(n2)C(O)CCC3)CC1. The summed E-state index contributed by atoms with van der Waals surface area (Å²) in [7, 11) is 0. The number of aryl methyl sites for hydroxylation is 1. The second-order valence-corrected chi connectivity index (χ2v) is 6.11. The smallest absolute Gasteiger partial charge is 0.154 e. The van der Waals surface area contributed by atoms with Crippen molar-refractivity contribution in [1.29, 1.82) is 0 Å². The van der Waals surface area contributed by atoms with Crippen LogP contribution < -0.4 is 0 Å². The van der Waals surface area contributed by atoms with Gasteiger partial charge in [0.25, 0.3) is 0 Å². The number of nitrogens with zero attached hydrogens (tertiary/aromatic N) is 4. The zero-order chi connectivity index (χ0) is 13.4. The molecule has 3 rings (SSSR count). The van der Waals surface area contributed by atoms with Gasteiger partial charge in [-0.1, -0.05) is 0 Å². The lowest BCUT2D eigenvalue weighted by molar-refractivity contribution is 0.0640. The number of aromatic nitrogens is 3. The summed E-state index contributed by atoms with van der Waals surface area (Å²) in [6.45, 7) is 6.78. The minimum absolute atomic E-state index is 0.458. The van der Waals surface area contributed by atoms with Crippen molar-refractivity contribution in [3.63, 3.8) is 0 Å². The number of aliphatic hydroxyl groups excluding tert-OH is 1. The number of hydrogen-bond acceptors (Lipinski definition) is 4. The maximum atomic E-state index is 9.94. The van der Waals surface area contributed by atoms with Crippen LogP contribution in [0.5, 0.6) is 0 Å². The van der Waals surface area contributed by atoms with Crippen LogP contribution in [0.25, 0.3) is 0 Å². The summed E-state index contributed by atoms with van der Waals surface area (Å²) in [6.07, 6.45) is 4.59. The third-order valence-corrected chi connectivity index (χ3v) is 4.49. The Bertz CT molecular complexity index is 435. The van der Waals surface area contributed by atoms with Gasteiger partial charge in [-0.3, -0.25) is 0 Å². The Hall–Kier alpha value is -0.940. The Morgan fingerprint density at radius 1 is 1.21 bits per heavy atom. The number of likely N-dealkylation sites (tertiary alicyclic amines) is 1. The summed E-state index contributed by atoms with van der Waals surface area (Å²) in [5.41, 5.74) is 0. The van der Waals surface area contributed by atoms with Gasteiger partial charge in [0.05, 0.1) is 0 Å². The lowest BCUT2D eigenvalue weighted by Gasteiger charge is -2.33. The van der Waals surface area contributed by atoms with Gasteiger partial charge in [0, 0.05) is 18.4 Å². The molecule has 0 saturated carbocycles. The minimum Gasteiger partial charge on any atom is -0.372 e. The van der Waals surface area contributed by atoms with Gasteiger partial charge in [-0.15, -0.1) is 0 Å². The summed E-state index contributed by atoms with van der Waals surface area (Å²) in [5, 5.41) is 14.5. The van der Waals surface area contributed by atoms with E-state index in [1.807, 2.05) is 0 Å². The molecule has 0 aromatic carbocycles. The molecule has 0 radical (unpaired) electrons. The Kier molecular flexibility index (Phi) is 3.58. The summed E-state index contributed by atoms with van der Waals surface area (Å²) >= 11 is 0. The molecule has 1 unspecified atom stereocenters. The quantitative estimate of drug-likeness (QED) is 0.883. The zero-order valence-electron chi connectivity index (χ0n) is 11.9. The first-order valence-electron chi connectivity index (χ1n) is 7.52. The van der Waals surface area contributed by atoms with Gasteiger partial charge in [0.1, 0.15) is 12.1 Å². The molecular formula is C14H24N4O. The summed E-state index contributed by atoms with van der Waals surface area (Å²) < 4.78 is 1.74. The van der Waals surface area contributed by atoms with Gasteiger partial charge in [-0.05, 0) is 52.6 Å². The van der Waals surface area contributed by atoms with Crippen LogP contribution in [0.3, 0.4) is 0 Å². The first-order valence-corrected chi connectivity index (χ1v) is 7.52. The maximum Gasteiger partial charge on any atom is 0.154 e. The van der Waals surface area contributed by atoms with Crippen LogP contribution in [-0.4, -0.2) is 43.9 Å². The Labute approximate surface area is 114 Å². The molecule has 0 aliphatic carbocycles. The normalized spacial score (nSPS) is 25.8. The Morgan fingerprint density at radius 3 is 2.58 bits per heavy atom. The molecule has 2 aliphatic rings. The van der Waals surface area contributed by atoms with E-state index in [9.17, 15) is 5.11 Å². The van der Waals surface area contributed by atoms with Gasteiger partial charge < -0.3 is 10.0 Å². The third kappa shape index (κ3) is 2.54. The van der Waals surface area contributed by atoms with Crippen LogP contribution in [0, 0.1) is 0 Å². The van der Waals surface area contributed by atoms with E-state index in [0.29, 0.717) is 12.0 Å². The molecule has 1 saturated heterocycles. The van der Waals surface area contributed by atoms with Crippen molar-refractivity contribution >= 4 is 0 Å². The predicted octanol–water partition coefficient (Wildman–Crippen LogP) is 1.69. The second-order valence-electron chi connectivity index (χ2n) is 6.11. The van der Waals surface area contributed by atoms with Crippen LogP contribution in [-0.2, 0) is 6.42 Å². The second kappa shape index (κ2) is 5.21. The average Bonchev–Trinajstić information content (AvgIpc) is 2.84. The standard InChI is InChI=1S/C14H24N4O/c1-10(2)17-8-6-11(7-9-17)14-15-12-4-3-5-13(19)18(12)16-14/h10-11,13,19H,3-9H2,1-2H3. The summed E-state index contributed by atoms with van der Waals surface area (Å²) in [5.74, 6) is 2.40. The van der Waals surface area contributed by atoms with Crippen molar-refractivity contribution < 1.29 is 5.11 Å². The lowest BCUT2D eigenvalue weighted by atomic mass is 9.95. The van der Waals surface area contributed by atoms with Gasteiger partial charge in [-0.2, -0.15) is 5.10 Å². The van der Waals surface area contributed by atoms with Gasteiger partial charge >= 0.3 is 0 Å². The highest BCUT2D eigenvalue weighted by Crippen LogP contribution is 2.29. The molecule has 0 amide bonds. The Balaban J connectivity index is 1.70. The predicted molar refractivity (Wildman–Crippen MR) is 72.9 cm³/mol. The molecule has 1 aromatic heterocycles. The molecule has 19 heavy (non-hydrogen) atoms. The molecule has 1 atom stereocenters. The van der Waals surface area contributed by atoms with Crippen molar-refractivity contribution in [3.8, 4) is 0 Å². The largest absolute Gasteiger partial charge is 0.372 e. The van der Waals surface area contributed by atoms with Gasteiger partial charge in [0.15, 0.2) is 5.82 Å². The number of rotatable bonds is 2. The molecule has 106 valence electrons. The molecule has 1 aromatic rings. The number of hydrogen-bond donors (Lipinski definition) is 1. The van der Waals surface area contributed by atoms with Crippen molar-refractivity contribution in [1.82, 2.24) is 19.7 Å². The van der Waals surface area contributed by atoms with E-state index < -0.39 is 6.23 Å². The molecule has 0 bridgehead atoms. The van der Waals surface area contributed by atoms with Crippen molar-refractivity contribution in [2.75, 3.05) is 13.1 Å². The van der Waals surface area contributed by atoms with Gasteiger partial charge in [-0.25, -0.2) is 9.67 Å². The number of aliphatic hydroxyl groups is 1. The average molecular weight is 264 g/mol. The number of fused-ring (bicyclic) bond motifs is 1. The lowest BCUT2D eigenvalue weighted by Crippen LogP contribution is -2.38. The highest BCUT2D eigenvalue weighted by atomic mass is 16.3. The van der Waals surface area contributed by atoms with Crippen LogP contribution in [0.15, 0.2) is 0 Å². The molecule has 1 N–H and O–H groups in total. The monoisotopic (exact) mass is 264 g/mol. The summed E-state index contributed by atoms with van der Waals surface area (Å²) in [4.78, 5) is 7.18. The molecular weight excluding hydrogens is 240 g/mol. The third-order valence-electron chi connectivity index (χ3n) is 4.49. The van der Waals surface area contributed by atoms with Crippen LogP contribution in [0.2, 0.25) is 0 Å². The van der Waals surface area contributed by atoms with Crippen LogP contribution >= 0.6 is 0 Å². The fourth-order valence-corrected chi connectivity index (χ4v) is 3.20. The van der Waals surface area contributed by atoms with E-state index in [-0.39, 0.29) is 0 Å². The molecule has 2 aliphatic heterocycles. The fourth-order valence-electron chi connectivity index (χ4n) is 3.20. The van der Waals surface area contributed by atoms with Gasteiger partial charge in [0.2, 0.25) is 0 Å². The van der Waals surface area contributed by atoms with Crippen molar-refractivity contribution in [2.45, 2.75) is 64.1 Å². The van der Waals surface area contributed by atoms with E-state index in [1.165, 1.54) is 0 Å². The van der Waals surface area contributed by atoms with Crippen LogP contribution in [0.1, 0.15) is 63.3 Å². The fraction of sp³-hybridized carbons (Fsp3) is 0.857. The maximum absolute atomic E-state index is 9.94. The first kappa shape index (κ1) is 13.1. The molecule has 0 spiro atoms. The molecule has 5 heteroatoms. The Morgan fingerprint density at radius 2 is 1.95 bits per heavy atom. The van der Waals surface area contributed by atoms with E-state index in [0.717, 1.165) is 56.8 Å². The highest BCUT2D eigenvalue weighted by Gasteiger charge is 2.28. The van der Waals surface area contributed by atoms with E-state index in [1.54, 1.807) is 4.68 Å². The highest BCUT2D eigenvalue weighted by molar-refractivity contribution is 5.03. The summed E-state index contributed by atoms with van der Waals surface area (Å²) in [6, 6.07) is 0.630. The van der Waals surface area contributed by atoms with Crippen molar-refractivity contribution in [2.24, 2.45) is 0 Å². The first-order chi connectivity index (χ1) is 9.15.